The fraction of sp³-hybridized carbons (Fsp3) is 0.300. The highest BCUT2D eigenvalue weighted by molar-refractivity contribution is 5.93. The van der Waals surface area contributed by atoms with Crippen LogP contribution in [0.5, 0.6) is 0 Å². The number of carboxylic acid groups (broad SMARTS) is 1. The van der Waals surface area contributed by atoms with Gasteiger partial charge < -0.3 is 48.2 Å². The van der Waals surface area contributed by atoms with Crippen molar-refractivity contribution in [3.05, 3.63) is 72.1 Å². The van der Waals surface area contributed by atoms with Crippen LogP contribution >= 0.6 is 0 Å². The highest BCUT2D eigenvalue weighted by atomic mass is 16.4. The molecule has 2 heterocycles. The lowest BCUT2D eigenvalue weighted by atomic mass is 10.0. The number of hydrogen-bond acceptors (Lipinski definition) is 6. The van der Waals surface area contributed by atoms with Gasteiger partial charge in [0.15, 0.2) is 5.96 Å². The zero-order chi connectivity index (χ0) is 31.6. The molecule has 0 aliphatic rings. The number of carboxylic acids is 1. The van der Waals surface area contributed by atoms with Crippen molar-refractivity contribution < 1.29 is 24.3 Å². The summed E-state index contributed by atoms with van der Waals surface area (Å²) in [4.78, 5) is 60.8. The zero-order valence-corrected chi connectivity index (χ0v) is 24.0. The maximum Gasteiger partial charge on any atom is 0.326 e. The van der Waals surface area contributed by atoms with Gasteiger partial charge in [0.25, 0.3) is 0 Å². The maximum absolute atomic E-state index is 13.1. The zero-order valence-electron chi connectivity index (χ0n) is 24.0. The molecule has 3 unspecified atom stereocenters. The Morgan fingerprint density at radius 1 is 0.818 bits per heavy atom. The summed E-state index contributed by atoms with van der Waals surface area (Å²) < 4.78 is 0. The Morgan fingerprint density at radius 3 is 2.00 bits per heavy atom. The van der Waals surface area contributed by atoms with Crippen molar-refractivity contribution in [2.24, 2.45) is 22.2 Å². The molecule has 232 valence electrons. The molecule has 4 aromatic rings. The maximum atomic E-state index is 13.1. The molecule has 0 fully saturated rings. The summed E-state index contributed by atoms with van der Waals surface area (Å²) in [6.45, 7) is -0.282. The lowest BCUT2D eigenvalue weighted by molar-refractivity contribution is -0.141. The van der Waals surface area contributed by atoms with E-state index in [1.54, 1.807) is 12.4 Å². The number of fused-ring (bicyclic) bond motifs is 2. The molecule has 3 atom stereocenters. The van der Waals surface area contributed by atoms with Crippen LogP contribution in [0.1, 0.15) is 24.0 Å². The number of aliphatic imine (C=N–C) groups is 1. The first kappa shape index (κ1) is 31.6. The predicted molar refractivity (Wildman–Crippen MR) is 166 cm³/mol. The minimum Gasteiger partial charge on any atom is -0.480 e. The quantitative estimate of drug-likeness (QED) is 0.0506. The summed E-state index contributed by atoms with van der Waals surface area (Å²) in [7, 11) is 0. The SMILES string of the molecule is NC(N)=NCCCC(NC(=O)C(N)Cc1c[nH]c2ccccc12)C(=O)NCC(=O)NC(Cc1c[nH]c2ccccc12)C(=O)O. The van der Waals surface area contributed by atoms with Crippen LogP contribution in [-0.2, 0) is 32.0 Å². The second-order valence-electron chi connectivity index (χ2n) is 10.4. The van der Waals surface area contributed by atoms with Gasteiger partial charge in [0.2, 0.25) is 17.7 Å². The lowest BCUT2D eigenvalue weighted by Gasteiger charge is -2.21. The number of nitrogens with zero attached hydrogens (tertiary/aromatic N) is 1. The number of para-hydroxylation sites is 2. The number of hydrogen-bond donors (Lipinski definition) is 9. The summed E-state index contributed by atoms with van der Waals surface area (Å²) in [5, 5.41) is 19.1. The van der Waals surface area contributed by atoms with Crippen LogP contribution in [0.3, 0.4) is 0 Å². The highest BCUT2D eigenvalue weighted by Crippen LogP contribution is 2.20. The highest BCUT2D eigenvalue weighted by Gasteiger charge is 2.26. The number of nitrogens with two attached hydrogens (primary N) is 3. The van der Waals surface area contributed by atoms with Gasteiger partial charge in [-0.3, -0.25) is 19.4 Å². The third kappa shape index (κ3) is 8.35. The van der Waals surface area contributed by atoms with Gasteiger partial charge >= 0.3 is 5.97 Å². The fourth-order valence-corrected chi connectivity index (χ4v) is 4.94. The molecule has 0 radical (unpaired) electrons. The number of benzene rings is 2. The van der Waals surface area contributed by atoms with E-state index in [0.717, 1.165) is 32.9 Å². The number of carbonyl (C=O) groups excluding carboxylic acids is 3. The summed E-state index contributed by atoms with van der Waals surface area (Å²) in [5.41, 5.74) is 20.3. The molecular formula is C30H37N9O5. The van der Waals surface area contributed by atoms with E-state index in [0.29, 0.717) is 6.42 Å². The van der Waals surface area contributed by atoms with Crippen molar-refractivity contribution in [3.63, 3.8) is 0 Å². The average molecular weight is 604 g/mol. The van der Waals surface area contributed by atoms with E-state index >= 15 is 0 Å². The molecule has 2 aromatic heterocycles. The molecule has 14 heteroatoms. The van der Waals surface area contributed by atoms with Crippen LogP contribution in [-0.4, -0.2) is 75.9 Å². The second-order valence-corrected chi connectivity index (χ2v) is 10.4. The van der Waals surface area contributed by atoms with E-state index in [9.17, 15) is 24.3 Å². The van der Waals surface area contributed by atoms with Crippen LogP contribution in [0.15, 0.2) is 65.9 Å². The number of guanidine groups is 1. The van der Waals surface area contributed by atoms with Crippen molar-refractivity contribution in [1.82, 2.24) is 25.9 Å². The number of aliphatic carboxylic acids is 1. The molecule has 0 spiro atoms. The summed E-state index contributed by atoms with van der Waals surface area (Å²) >= 11 is 0. The first-order valence-electron chi connectivity index (χ1n) is 14.1. The number of nitrogens with one attached hydrogen (secondary N) is 5. The van der Waals surface area contributed by atoms with E-state index in [1.807, 2.05) is 48.5 Å². The molecule has 0 bridgehead atoms. The van der Waals surface area contributed by atoms with Crippen molar-refractivity contribution in [3.8, 4) is 0 Å². The molecular weight excluding hydrogens is 566 g/mol. The van der Waals surface area contributed by atoms with E-state index in [1.165, 1.54) is 0 Å². The predicted octanol–water partition coefficient (Wildman–Crippen LogP) is -0.0143. The number of rotatable bonds is 15. The first-order chi connectivity index (χ1) is 21.1. The van der Waals surface area contributed by atoms with Crippen LogP contribution in [0.2, 0.25) is 0 Å². The van der Waals surface area contributed by atoms with Gasteiger partial charge in [0, 0.05) is 47.2 Å². The van der Waals surface area contributed by atoms with E-state index in [-0.39, 0.29) is 31.8 Å². The number of aromatic nitrogens is 2. The molecule has 0 aliphatic heterocycles. The summed E-state index contributed by atoms with van der Waals surface area (Å²) in [6.07, 6.45) is 4.27. The van der Waals surface area contributed by atoms with E-state index < -0.39 is 48.4 Å². The molecule has 3 amide bonds. The topological polar surface area (TPSA) is 247 Å². The minimum atomic E-state index is -1.23. The van der Waals surface area contributed by atoms with Gasteiger partial charge in [-0.15, -0.1) is 0 Å². The van der Waals surface area contributed by atoms with Gasteiger partial charge in [0.05, 0.1) is 12.6 Å². The lowest BCUT2D eigenvalue weighted by Crippen LogP contribution is -2.54. The van der Waals surface area contributed by atoms with Crippen molar-refractivity contribution >= 4 is 51.5 Å². The number of amides is 3. The second kappa shape index (κ2) is 14.7. The van der Waals surface area contributed by atoms with Crippen molar-refractivity contribution in [2.45, 2.75) is 43.8 Å². The fourth-order valence-electron chi connectivity index (χ4n) is 4.94. The minimum absolute atomic E-state index is 0.0385. The molecule has 2 aromatic carbocycles. The smallest absolute Gasteiger partial charge is 0.326 e. The van der Waals surface area contributed by atoms with Crippen LogP contribution in [0, 0.1) is 0 Å². The summed E-state index contributed by atoms with van der Waals surface area (Å²) in [5.74, 6) is -3.21. The molecule has 0 saturated heterocycles. The molecule has 14 nitrogen and oxygen atoms in total. The van der Waals surface area contributed by atoms with E-state index in [4.69, 9.17) is 17.2 Å². The summed E-state index contributed by atoms with van der Waals surface area (Å²) in [6, 6.07) is 11.8. The molecule has 12 N–H and O–H groups in total. The first-order valence-corrected chi connectivity index (χ1v) is 14.1. The van der Waals surface area contributed by atoms with E-state index in [2.05, 4.69) is 30.9 Å². The Bertz CT molecular complexity index is 1660. The van der Waals surface area contributed by atoms with Gasteiger partial charge in [-0.05, 0) is 42.5 Å². The Morgan fingerprint density at radius 2 is 1.41 bits per heavy atom. The van der Waals surface area contributed by atoms with Crippen LogP contribution in [0.4, 0.5) is 0 Å². The number of carbonyl (C=O) groups is 4. The van der Waals surface area contributed by atoms with Gasteiger partial charge in [-0.1, -0.05) is 36.4 Å². The van der Waals surface area contributed by atoms with Gasteiger partial charge in [-0.2, -0.15) is 0 Å². The standard InChI is InChI=1S/C30H37N9O5/c31-21(12-17-14-35-22-8-3-1-6-19(17)22)27(41)39-24(10-5-11-34-30(32)33)28(42)37-16-26(40)38-25(29(43)44)13-18-15-36-23-9-4-2-7-20(18)23/h1-4,6-9,14-15,21,24-25,35-36H,5,10-13,16,31H2,(H,37,42)(H,38,40)(H,39,41)(H,43,44)(H4,32,33,34). The van der Waals surface area contributed by atoms with Gasteiger partial charge in [-0.25, -0.2) is 4.79 Å². The number of H-pyrrole nitrogens is 2. The third-order valence-corrected chi connectivity index (χ3v) is 7.19. The molecule has 0 saturated carbocycles. The monoisotopic (exact) mass is 603 g/mol. The molecule has 0 aliphatic carbocycles. The molecule has 4 rings (SSSR count). The third-order valence-electron chi connectivity index (χ3n) is 7.19. The van der Waals surface area contributed by atoms with Crippen LogP contribution < -0.4 is 33.2 Å². The molecule has 44 heavy (non-hydrogen) atoms. The van der Waals surface area contributed by atoms with Crippen molar-refractivity contribution in [1.29, 1.82) is 0 Å². The Kier molecular flexibility index (Phi) is 10.5. The van der Waals surface area contributed by atoms with Gasteiger partial charge in [0.1, 0.15) is 12.1 Å². The Labute approximate surface area is 252 Å². The normalized spacial score (nSPS) is 13.1. The Balaban J connectivity index is 1.35. The average Bonchev–Trinajstić information content (AvgIpc) is 3.60. The largest absolute Gasteiger partial charge is 0.480 e. The van der Waals surface area contributed by atoms with Crippen LogP contribution in [0.25, 0.3) is 21.8 Å². The Hall–Kier alpha value is -5.37. The van der Waals surface area contributed by atoms with Crippen molar-refractivity contribution in [2.75, 3.05) is 13.1 Å². The number of aromatic amines is 2.